The highest BCUT2D eigenvalue weighted by Gasteiger charge is 2.05. The number of carboxylic acids is 1. The van der Waals surface area contributed by atoms with Crippen LogP contribution in [0.5, 0.6) is 0 Å². The van der Waals surface area contributed by atoms with Crippen LogP contribution in [0.25, 0.3) is 0 Å². The molecule has 1 N–H and O–H groups in total. The molecule has 0 aromatic carbocycles. The van der Waals surface area contributed by atoms with E-state index in [0.717, 1.165) is 10.9 Å². The van der Waals surface area contributed by atoms with Crippen molar-refractivity contribution < 1.29 is 9.90 Å². The molecule has 13 heavy (non-hydrogen) atoms. The smallest absolute Gasteiger partial charge is 0.303 e. The number of halogens is 1. The average Bonchev–Trinajstić information content (AvgIpc) is 2.29. The topological polar surface area (TPSA) is 37.3 Å². The van der Waals surface area contributed by atoms with Gasteiger partial charge in [-0.25, -0.2) is 0 Å². The van der Waals surface area contributed by atoms with Crippen LogP contribution in [-0.4, -0.2) is 11.1 Å². The highest BCUT2D eigenvalue weighted by atomic mass is 79.9. The van der Waals surface area contributed by atoms with Crippen LogP contribution >= 0.6 is 27.3 Å². The van der Waals surface area contributed by atoms with Crippen LogP contribution in [0.1, 0.15) is 22.6 Å². The fraction of sp³-hybridized carbons (Fsp3) is 0.444. The molecule has 4 heteroatoms. The highest BCUT2D eigenvalue weighted by Crippen LogP contribution is 2.28. The van der Waals surface area contributed by atoms with Crippen molar-refractivity contribution in [1.29, 1.82) is 0 Å². The molecule has 1 aromatic rings. The van der Waals surface area contributed by atoms with Crippen molar-refractivity contribution in [3.63, 3.8) is 0 Å². The average molecular weight is 263 g/mol. The lowest BCUT2D eigenvalue weighted by atomic mass is 10.2. The summed E-state index contributed by atoms with van der Waals surface area (Å²) in [6.45, 7) is 2.05. The predicted molar refractivity (Wildman–Crippen MR) is 57.3 cm³/mol. The molecule has 0 aliphatic heterocycles. The molecule has 0 aliphatic carbocycles. The quantitative estimate of drug-likeness (QED) is 0.905. The van der Waals surface area contributed by atoms with Gasteiger partial charge in [-0.05, 0) is 41.8 Å². The second kappa shape index (κ2) is 4.77. The third kappa shape index (κ3) is 3.48. The first kappa shape index (κ1) is 10.7. The lowest BCUT2D eigenvalue weighted by Gasteiger charge is -1.95. The van der Waals surface area contributed by atoms with E-state index in [2.05, 4.69) is 28.9 Å². The van der Waals surface area contributed by atoms with Crippen molar-refractivity contribution in [3.05, 3.63) is 20.3 Å². The second-order valence-corrected chi connectivity index (χ2v) is 5.07. The van der Waals surface area contributed by atoms with Gasteiger partial charge in [0, 0.05) is 20.6 Å². The van der Waals surface area contributed by atoms with Crippen LogP contribution in [0.15, 0.2) is 10.5 Å². The molecule has 0 bridgehead atoms. The van der Waals surface area contributed by atoms with E-state index in [1.54, 1.807) is 11.3 Å². The van der Waals surface area contributed by atoms with Gasteiger partial charge in [-0.1, -0.05) is 0 Å². The third-order valence-electron chi connectivity index (χ3n) is 1.68. The number of thiophene rings is 1. The maximum absolute atomic E-state index is 10.3. The van der Waals surface area contributed by atoms with E-state index in [-0.39, 0.29) is 6.42 Å². The van der Waals surface area contributed by atoms with Crippen molar-refractivity contribution in [1.82, 2.24) is 0 Å². The summed E-state index contributed by atoms with van der Waals surface area (Å²) in [6.07, 6.45) is 1.82. The van der Waals surface area contributed by atoms with E-state index < -0.39 is 5.97 Å². The summed E-state index contributed by atoms with van der Waals surface area (Å²) in [6, 6.07) is 2.07. The Hall–Kier alpha value is -0.350. The fourth-order valence-corrected chi connectivity index (χ4v) is 3.01. The van der Waals surface area contributed by atoms with Gasteiger partial charge in [0.25, 0.3) is 0 Å². The zero-order chi connectivity index (χ0) is 9.84. The molecule has 2 nitrogen and oxygen atoms in total. The van der Waals surface area contributed by atoms with Crippen molar-refractivity contribution in [2.24, 2.45) is 0 Å². The van der Waals surface area contributed by atoms with Crippen LogP contribution < -0.4 is 0 Å². The summed E-state index contributed by atoms with van der Waals surface area (Å²) in [5.41, 5.74) is 0. The number of aryl methyl sites for hydroxylation is 2. The maximum Gasteiger partial charge on any atom is 0.303 e. The lowest BCUT2D eigenvalue weighted by Crippen LogP contribution is -1.94. The highest BCUT2D eigenvalue weighted by molar-refractivity contribution is 9.10. The van der Waals surface area contributed by atoms with E-state index in [9.17, 15) is 4.79 Å². The second-order valence-electron chi connectivity index (χ2n) is 2.88. The minimum absolute atomic E-state index is 0.253. The number of aliphatic carboxylic acids is 1. The number of hydrogen-bond acceptors (Lipinski definition) is 2. The Kier molecular flexibility index (Phi) is 3.93. The van der Waals surface area contributed by atoms with E-state index >= 15 is 0 Å². The summed E-state index contributed by atoms with van der Waals surface area (Å²) in [4.78, 5) is 12.8. The number of carbonyl (C=O) groups is 1. The Balaban J connectivity index is 2.45. The van der Waals surface area contributed by atoms with Crippen LogP contribution in [0.3, 0.4) is 0 Å². The van der Waals surface area contributed by atoms with Gasteiger partial charge in [0.2, 0.25) is 0 Å². The van der Waals surface area contributed by atoms with Gasteiger partial charge in [-0.3, -0.25) is 4.79 Å². The van der Waals surface area contributed by atoms with E-state index in [0.29, 0.717) is 6.42 Å². The lowest BCUT2D eigenvalue weighted by molar-refractivity contribution is -0.137. The minimum Gasteiger partial charge on any atom is -0.481 e. The molecule has 0 fully saturated rings. The zero-order valence-corrected chi connectivity index (χ0v) is 9.74. The van der Waals surface area contributed by atoms with E-state index in [1.807, 2.05) is 0 Å². The molecule has 72 valence electrons. The van der Waals surface area contributed by atoms with Crippen LogP contribution in [0.2, 0.25) is 0 Å². The van der Waals surface area contributed by atoms with Crippen LogP contribution in [0, 0.1) is 6.92 Å². The Labute approximate surface area is 89.7 Å². The molecule has 0 radical (unpaired) electrons. The van der Waals surface area contributed by atoms with Crippen molar-refractivity contribution in [2.45, 2.75) is 26.2 Å². The Morgan fingerprint density at radius 1 is 1.69 bits per heavy atom. The molecule has 0 aliphatic rings. The first-order valence-electron chi connectivity index (χ1n) is 4.06. The molecular formula is C9H11BrO2S. The summed E-state index contributed by atoms with van der Waals surface area (Å²) >= 11 is 5.17. The number of carboxylic acid groups (broad SMARTS) is 1. The Morgan fingerprint density at radius 2 is 2.38 bits per heavy atom. The molecule has 1 heterocycles. The Bertz CT molecular complexity index is 307. The summed E-state index contributed by atoms with van der Waals surface area (Å²) in [5.74, 6) is -0.718. The minimum atomic E-state index is -0.718. The van der Waals surface area contributed by atoms with Crippen LogP contribution in [-0.2, 0) is 11.2 Å². The van der Waals surface area contributed by atoms with Gasteiger partial charge < -0.3 is 5.11 Å². The fourth-order valence-electron chi connectivity index (χ4n) is 1.10. The molecule has 0 saturated carbocycles. The standard InChI is InChI=1S/C9H11BrO2S/c1-6-5-7(10)8(13-6)3-2-4-9(11)12/h5H,2-4H2,1H3,(H,11,12). The summed E-state index contributed by atoms with van der Waals surface area (Å²) in [7, 11) is 0. The SMILES string of the molecule is Cc1cc(Br)c(CCCC(=O)O)s1. The van der Waals surface area contributed by atoms with Gasteiger partial charge in [-0.2, -0.15) is 0 Å². The summed E-state index contributed by atoms with van der Waals surface area (Å²) in [5, 5.41) is 8.46. The maximum atomic E-state index is 10.3. The van der Waals surface area contributed by atoms with Crippen LogP contribution in [0.4, 0.5) is 0 Å². The molecule has 0 saturated heterocycles. The number of rotatable bonds is 4. The molecule has 0 amide bonds. The monoisotopic (exact) mass is 262 g/mol. The van der Waals surface area contributed by atoms with Gasteiger partial charge in [0.15, 0.2) is 0 Å². The van der Waals surface area contributed by atoms with Crippen molar-refractivity contribution >= 4 is 33.2 Å². The predicted octanol–water partition coefficient (Wildman–Crippen LogP) is 3.23. The first-order chi connectivity index (χ1) is 6.09. The van der Waals surface area contributed by atoms with Gasteiger partial charge in [0.05, 0.1) is 0 Å². The normalized spacial score (nSPS) is 10.3. The van der Waals surface area contributed by atoms with Crippen molar-refractivity contribution in [3.8, 4) is 0 Å². The molecule has 1 aromatic heterocycles. The van der Waals surface area contributed by atoms with Gasteiger partial charge >= 0.3 is 5.97 Å². The largest absolute Gasteiger partial charge is 0.481 e. The van der Waals surface area contributed by atoms with Gasteiger partial charge in [0.1, 0.15) is 0 Å². The first-order valence-corrected chi connectivity index (χ1v) is 5.67. The zero-order valence-electron chi connectivity index (χ0n) is 7.34. The summed E-state index contributed by atoms with van der Waals surface area (Å²) < 4.78 is 1.11. The number of hydrogen-bond donors (Lipinski definition) is 1. The Morgan fingerprint density at radius 3 is 2.85 bits per heavy atom. The molecule has 1 rings (SSSR count). The van der Waals surface area contributed by atoms with E-state index in [1.165, 1.54) is 9.75 Å². The molecule has 0 atom stereocenters. The molecule has 0 unspecified atom stereocenters. The van der Waals surface area contributed by atoms with Gasteiger partial charge in [-0.15, -0.1) is 11.3 Å². The van der Waals surface area contributed by atoms with E-state index in [4.69, 9.17) is 5.11 Å². The van der Waals surface area contributed by atoms with Crippen molar-refractivity contribution in [2.75, 3.05) is 0 Å². The molecule has 0 spiro atoms. The molecular weight excluding hydrogens is 252 g/mol. The third-order valence-corrected chi connectivity index (χ3v) is 3.76.